The van der Waals surface area contributed by atoms with Crippen LogP contribution in [0.15, 0.2) is 66.7 Å². The van der Waals surface area contributed by atoms with Crippen LogP contribution in [0.3, 0.4) is 0 Å². The molecule has 4 N–H and O–H groups in total. The van der Waals surface area contributed by atoms with Crippen molar-refractivity contribution in [3.05, 3.63) is 83.4 Å². The molecule has 0 spiro atoms. The van der Waals surface area contributed by atoms with Crippen LogP contribution in [0.25, 0.3) is 11.1 Å². The maximum atomic E-state index is 13.6. The van der Waals surface area contributed by atoms with Crippen molar-refractivity contribution in [1.29, 1.82) is 0 Å². The van der Waals surface area contributed by atoms with Crippen LogP contribution in [0.5, 0.6) is 5.75 Å². The van der Waals surface area contributed by atoms with Crippen LogP contribution in [0.1, 0.15) is 49.8 Å². The Labute approximate surface area is 400 Å². The fourth-order valence-electron chi connectivity index (χ4n) is 7.65. The topological polar surface area (TPSA) is 261 Å². The molecule has 1 heterocycles. The molecule has 0 bridgehead atoms. The Morgan fingerprint density at radius 1 is 0.928 bits per heavy atom. The number of amides is 3. The van der Waals surface area contributed by atoms with Gasteiger partial charge in [-0.2, -0.15) is 0 Å². The Hall–Kier alpha value is -6.28. The quantitative estimate of drug-likeness (QED) is 0.0349. The fraction of sp³-hybridized carbons (Fsp3) is 0.479. The van der Waals surface area contributed by atoms with Crippen LogP contribution in [0, 0.1) is 24.2 Å². The predicted molar refractivity (Wildman–Crippen MR) is 247 cm³/mol. The largest absolute Gasteiger partial charge is 0.467 e. The van der Waals surface area contributed by atoms with E-state index in [0.717, 1.165) is 40.5 Å². The van der Waals surface area contributed by atoms with Crippen molar-refractivity contribution in [2.45, 2.75) is 63.8 Å². The van der Waals surface area contributed by atoms with E-state index in [2.05, 4.69) is 16.6 Å². The Balaban J connectivity index is 1.26. The number of methoxy groups -OCH3 is 1. The molecule has 2 aliphatic rings. The molecule has 3 aromatic carbocycles. The molecule has 1 fully saturated rings. The molecular formula is C48H59N3O17S. The summed E-state index contributed by atoms with van der Waals surface area (Å²) in [5.41, 5.74) is 2.66. The summed E-state index contributed by atoms with van der Waals surface area (Å²) in [5.74, 6) is -1.20. The number of terminal acetylenes is 1. The molecule has 0 aromatic heterocycles. The van der Waals surface area contributed by atoms with Gasteiger partial charge in [-0.05, 0) is 39.9 Å². The number of hydrogen-bond donors (Lipinski definition) is 4. The number of alkyl carbamates (subject to hydrolysis) is 1. The second-order valence-electron chi connectivity index (χ2n) is 16.7. The zero-order valence-corrected chi connectivity index (χ0v) is 39.9. The number of carbonyl (C=O) groups is 5. The number of aliphatic hydroxyl groups is 2. The number of nitrogens with one attached hydrogen (secondary N) is 2. The molecule has 1 aliphatic carbocycles. The number of anilines is 1. The van der Waals surface area contributed by atoms with Gasteiger partial charge in [0.25, 0.3) is 0 Å². The van der Waals surface area contributed by atoms with E-state index in [4.69, 9.17) is 44.3 Å². The molecule has 0 unspecified atom stereocenters. The number of esters is 2. The van der Waals surface area contributed by atoms with Crippen molar-refractivity contribution in [2.24, 2.45) is 11.8 Å². The average molecular weight is 982 g/mol. The third-order valence-electron chi connectivity index (χ3n) is 11.6. The number of sulfone groups is 1. The van der Waals surface area contributed by atoms with Crippen molar-refractivity contribution < 1.29 is 80.5 Å². The number of carbonyl (C=O) groups excluding carboxylic acids is 5. The van der Waals surface area contributed by atoms with Crippen molar-refractivity contribution in [3.8, 4) is 29.2 Å². The highest BCUT2D eigenvalue weighted by atomic mass is 32.2. The second kappa shape index (κ2) is 24.8. The van der Waals surface area contributed by atoms with Gasteiger partial charge in [-0.1, -0.05) is 74.4 Å². The molecule has 0 radical (unpaired) electrons. The van der Waals surface area contributed by atoms with Crippen LogP contribution >= 0.6 is 0 Å². The lowest BCUT2D eigenvalue weighted by Gasteiger charge is -2.42. The summed E-state index contributed by atoms with van der Waals surface area (Å²) in [6, 6.07) is 20.0. The number of benzene rings is 3. The minimum atomic E-state index is -3.61. The molecule has 69 heavy (non-hydrogen) atoms. The van der Waals surface area contributed by atoms with E-state index < -0.39 is 115 Å². The summed E-state index contributed by atoms with van der Waals surface area (Å²) in [5, 5.41) is 25.9. The molecule has 5 atom stereocenters. The molecule has 1 saturated heterocycles. The number of nitrogens with zero attached hydrogens (tertiary/aromatic N) is 1. The third kappa shape index (κ3) is 14.6. The molecule has 21 heteroatoms. The number of rotatable bonds is 23. The average Bonchev–Trinajstić information content (AvgIpc) is 3.65. The highest BCUT2D eigenvalue weighted by Gasteiger charge is 2.48. The lowest BCUT2D eigenvalue weighted by molar-refractivity contribution is -0.243. The van der Waals surface area contributed by atoms with Crippen LogP contribution in [-0.2, 0) is 64.0 Å². The molecule has 374 valence electrons. The van der Waals surface area contributed by atoms with E-state index in [9.17, 15) is 42.6 Å². The van der Waals surface area contributed by atoms with Gasteiger partial charge < -0.3 is 58.7 Å². The first-order valence-corrected chi connectivity index (χ1v) is 24.0. The third-order valence-corrected chi connectivity index (χ3v) is 12.5. The summed E-state index contributed by atoms with van der Waals surface area (Å²) < 4.78 is 69.1. The first-order chi connectivity index (χ1) is 32.9. The van der Waals surface area contributed by atoms with Gasteiger partial charge in [-0.15, -0.1) is 6.42 Å². The summed E-state index contributed by atoms with van der Waals surface area (Å²) >= 11 is 0. The number of fused-ring (bicyclic) bond motifs is 3. The number of aliphatic hydroxyl groups excluding tert-OH is 2. The SMILES string of the molecule is C#CCOCCC(=O)Nc1cc(COC(=O)N(CCS(C)(=O)=O)COCC(CO)(CO)NC(=O)OCC2c3ccccc3-c3ccccc32)ccc1O[C@@H]1O[C@H](C(=O)OC)[C@@H](OC(C)=O)[C@H](C)[C@H]1C. The van der Waals surface area contributed by atoms with E-state index in [0.29, 0.717) is 5.56 Å². The van der Waals surface area contributed by atoms with E-state index >= 15 is 0 Å². The zero-order valence-electron chi connectivity index (χ0n) is 39.0. The maximum absolute atomic E-state index is 13.6. The minimum Gasteiger partial charge on any atom is -0.467 e. The van der Waals surface area contributed by atoms with Crippen molar-refractivity contribution in [3.63, 3.8) is 0 Å². The van der Waals surface area contributed by atoms with Crippen LogP contribution < -0.4 is 15.4 Å². The standard InChI is InChI=1S/C48H59N3O17S/c1-7-20-62-21-18-41(55)49-39-23-33(16-17-40(39)67-45-31(3)30(2)42(66-32(4)54)43(68-45)44(56)61-5)24-65-47(58)51(19-22-69(6,59)60)29-63-28-48(26-52,27-53)50-46(57)64-25-38-36-14-10-8-12-34(36)35-13-9-11-15-37(35)38/h1,8-17,23,30-31,38,42-43,45,52-53H,18-22,24-29H2,2-6H3,(H,49,55)(H,50,57)/t30-,31-,42+,43+,45-/m1/s1. The van der Waals surface area contributed by atoms with Crippen molar-refractivity contribution >= 4 is 45.6 Å². The highest BCUT2D eigenvalue weighted by molar-refractivity contribution is 7.90. The van der Waals surface area contributed by atoms with Gasteiger partial charge >= 0.3 is 24.1 Å². The van der Waals surface area contributed by atoms with Crippen molar-refractivity contribution in [2.75, 3.05) is 77.4 Å². The summed E-state index contributed by atoms with van der Waals surface area (Å²) in [4.78, 5) is 65.4. The van der Waals surface area contributed by atoms with Gasteiger partial charge in [0.2, 0.25) is 12.2 Å². The van der Waals surface area contributed by atoms with Gasteiger partial charge in [0.15, 0.2) is 6.10 Å². The van der Waals surface area contributed by atoms with Crippen molar-refractivity contribution in [1.82, 2.24) is 10.2 Å². The van der Waals surface area contributed by atoms with Gasteiger partial charge in [-0.25, -0.2) is 22.8 Å². The first-order valence-electron chi connectivity index (χ1n) is 22.0. The summed E-state index contributed by atoms with van der Waals surface area (Å²) in [6.07, 6.45) is 0.714. The molecule has 20 nitrogen and oxygen atoms in total. The van der Waals surface area contributed by atoms with E-state index in [-0.39, 0.29) is 50.1 Å². The normalized spacial score (nSPS) is 18.7. The molecule has 3 aromatic rings. The lowest BCUT2D eigenvalue weighted by Crippen LogP contribution is -2.58. The molecular weight excluding hydrogens is 923 g/mol. The monoisotopic (exact) mass is 981 g/mol. The molecule has 5 rings (SSSR count). The highest BCUT2D eigenvalue weighted by Crippen LogP contribution is 2.44. The Morgan fingerprint density at radius 3 is 2.20 bits per heavy atom. The lowest BCUT2D eigenvalue weighted by atomic mass is 9.84. The van der Waals surface area contributed by atoms with Gasteiger partial charge in [0.1, 0.15) is 53.8 Å². The summed E-state index contributed by atoms with van der Waals surface area (Å²) in [6.45, 7) is 1.12. The van der Waals surface area contributed by atoms with Gasteiger partial charge in [0, 0.05) is 37.5 Å². The minimum absolute atomic E-state index is 0.00323. The first kappa shape index (κ1) is 53.7. The Morgan fingerprint density at radius 2 is 1.59 bits per heavy atom. The van der Waals surface area contributed by atoms with Crippen LogP contribution in [0.4, 0.5) is 15.3 Å². The van der Waals surface area contributed by atoms with E-state index in [1.165, 1.54) is 25.1 Å². The summed E-state index contributed by atoms with van der Waals surface area (Å²) in [7, 11) is -2.45. The molecule has 1 aliphatic heterocycles. The predicted octanol–water partition coefficient (Wildman–Crippen LogP) is 3.37. The zero-order chi connectivity index (χ0) is 50.3. The Bertz CT molecular complexity index is 2390. The van der Waals surface area contributed by atoms with Gasteiger partial charge in [-0.3, -0.25) is 14.5 Å². The number of ether oxygens (including phenoxy) is 8. The maximum Gasteiger partial charge on any atom is 0.411 e. The fourth-order valence-corrected chi connectivity index (χ4v) is 8.20. The Kier molecular flexibility index (Phi) is 19.3. The smallest absolute Gasteiger partial charge is 0.411 e. The molecule has 0 saturated carbocycles. The van der Waals surface area contributed by atoms with Crippen LogP contribution in [-0.4, -0.2) is 150 Å². The molecule has 3 amide bonds. The van der Waals surface area contributed by atoms with Crippen LogP contribution in [0.2, 0.25) is 0 Å². The second-order valence-corrected chi connectivity index (χ2v) is 19.0. The van der Waals surface area contributed by atoms with E-state index in [1.807, 2.05) is 48.5 Å². The number of hydrogen-bond acceptors (Lipinski definition) is 17. The van der Waals surface area contributed by atoms with E-state index in [1.54, 1.807) is 13.8 Å². The van der Waals surface area contributed by atoms with Gasteiger partial charge in [0.05, 0.1) is 51.4 Å².